The van der Waals surface area contributed by atoms with Crippen molar-refractivity contribution in [3.05, 3.63) is 71.6 Å². The van der Waals surface area contributed by atoms with Gasteiger partial charge in [0, 0.05) is 35.6 Å². The summed E-state index contributed by atoms with van der Waals surface area (Å²) in [6, 6.07) is 11.4. The number of fused-ring (bicyclic) bond motifs is 3. The van der Waals surface area contributed by atoms with Crippen LogP contribution in [0.1, 0.15) is 11.3 Å². The molecule has 4 aromatic rings. The molecule has 0 spiro atoms. The molecule has 2 aromatic heterocycles. The normalized spacial score (nSPS) is 11.4. The fourth-order valence-electron chi connectivity index (χ4n) is 3.38. The van der Waals surface area contributed by atoms with Gasteiger partial charge in [-0.1, -0.05) is 0 Å². The molecule has 2 aromatic carbocycles. The Hall–Kier alpha value is -2.95. The number of rotatable bonds is 3. The molecule has 2 heterocycles. The highest BCUT2D eigenvalue weighted by molar-refractivity contribution is 6.09. The van der Waals surface area contributed by atoms with E-state index in [4.69, 9.17) is 4.74 Å². The third kappa shape index (κ3) is 2.61. The van der Waals surface area contributed by atoms with Gasteiger partial charge in [-0.3, -0.25) is 4.98 Å². The molecule has 4 rings (SSSR count). The summed E-state index contributed by atoms with van der Waals surface area (Å²) in [4.78, 5) is 4.38. The van der Waals surface area contributed by atoms with Gasteiger partial charge in [-0.2, -0.15) is 0 Å². The minimum absolute atomic E-state index is 0.342. The molecule has 0 saturated carbocycles. The molecule has 0 atom stereocenters. The smallest absolute Gasteiger partial charge is 0.126 e. The molecule has 0 fully saturated rings. The number of nitrogens with zero attached hydrogens (tertiary/aromatic N) is 2. The van der Waals surface area contributed by atoms with Crippen molar-refractivity contribution >= 4 is 21.8 Å². The van der Waals surface area contributed by atoms with Crippen LogP contribution in [0, 0.1) is 18.6 Å². The summed E-state index contributed by atoms with van der Waals surface area (Å²) < 4.78 is 34.6. The summed E-state index contributed by atoms with van der Waals surface area (Å²) in [5.41, 5.74) is 3.32. The minimum atomic E-state index is -0.580. The maximum Gasteiger partial charge on any atom is 0.126 e. The van der Waals surface area contributed by atoms with E-state index in [2.05, 4.69) is 4.98 Å². The molecule has 0 aliphatic rings. The zero-order valence-electron chi connectivity index (χ0n) is 13.9. The Bertz CT molecular complexity index is 1080. The second-order valence-corrected chi connectivity index (χ2v) is 6.04. The summed E-state index contributed by atoms with van der Waals surface area (Å²) in [6.45, 7) is 2.27. The van der Waals surface area contributed by atoms with Crippen molar-refractivity contribution in [2.24, 2.45) is 0 Å². The number of benzene rings is 2. The largest absolute Gasteiger partial charge is 0.497 e. The molecule has 0 radical (unpaired) electrons. The lowest BCUT2D eigenvalue weighted by Gasteiger charge is -2.10. The number of halogens is 2. The third-order valence-corrected chi connectivity index (χ3v) is 4.43. The Kier molecular flexibility index (Phi) is 3.64. The first-order valence-electron chi connectivity index (χ1n) is 7.93. The van der Waals surface area contributed by atoms with E-state index < -0.39 is 11.6 Å². The van der Waals surface area contributed by atoms with Crippen LogP contribution in [0.3, 0.4) is 0 Å². The van der Waals surface area contributed by atoms with Crippen LogP contribution in [0.5, 0.6) is 5.75 Å². The topological polar surface area (TPSA) is 27.1 Å². The second-order valence-electron chi connectivity index (χ2n) is 6.04. The number of pyridine rings is 1. The summed E-state index contributed by atoms with van der Waals surface area (Å²) in [6.07, 6.45) is 1.77. The van der Waals surface area contributed by atoms with Crippen molar-refractivity contribution in [3.63, 3.8) is 0 Å². The highest BCUT2D eigenvalue weighted by Crippen LogP contribution is 2.33. The van der Waals surface area contributed by atoms with Gasteiger partial charge in [-0.25, -0.2) is 8.78 Å². The second kappa shape index (κ2) is 5.84. The van der Waals surface area contributed by atoms with Crippen LogP contribution in [-0.4, -0.2) is 16.7 Å². The van der Waals surface area contributed by atoms with E-state index >= 15 is 0 Å². The van der Waals surface area contributed by atoms with E-state index in [1.165, 1.54) is 12.1 Å². The van der Waals surface area contributed by atoms with Crippen LogP contribution in [0.25, 0.3) is 21.8 Å². The molecule has 0 amide bonds. The van der Waals surface area contributed by atoms with Gasteiger partial charge < -0.3 is 9.30 Å². The first-order chi connectivity index (χ1) is 12.1. The van der Waals surface area contributed by atoms with E-state index in [1.807, 2.05) is 35.8 Å². The molecule has 5 heteroatoms. The lowest BCUT2D eigenvalue weighted by molar-refractivity contribution is 0.415. The van der Waals surface area contributed by atoms with E-state index in [-0.39, 0.29) is 0 Å². The number of ether oxygens (including phenoxy) is 1. The summed E-state index contributed by atoms with van der Waals surface area (Å²) in [7, 11) is 1.61. The lowest BCUT2D eigenvalue weighted by Crippen LogP contribution is -2.02. The number of hydrogen-bond acceptors (Lipinski definition) is 2. The molecule has 0 aliphatic carbocycles. The Balaban J connectivity index is 2.01. The molecule has 25 heavy (non-hydrogen) atoms. The molecular formula is C20H16F2N2O. The standard InChI is InChI=1S/C20H16F2N2O/c1-12-20-18(5-6-23-12)17-4-3-16(25-2)10-19(17)24(20)11-13-7-14(21)9-15(22)8-13/h3-10H,11H2,1-2H3. The number of aromatic nitrogens is 2. The maximum absolute atomic E-state index is 13.6. The van der Waals surface area contributed by atoms with E-state index in [9.17, 15) is 8.78 Å². The van der Waals surface area contributed by atoms with Gasteiger partial charge >= 0.3 is 0 Å². The fourth-order valence-corrected chi connectivity index (χ4v) is 3.38. The van der Waals surface area contributed by atoms with Gasteiger partial charge in [0.2, 0.25) is 0 Å². The quantitative estimate of drug-likeness (QED) is 0.535. The molecule has 0 bridgehead atoms. The number of methoxy groups -OCH3 is 1. The Morgan fingerprint density at radius 1 is 1.00 bits per heavy atom. The number of aryl methyl sites for hydroxylation is 1. The molecule has 126 valence electrons. The summed E-state index contributed by atoms with van der Waals surface area (Å²) >= 11 is 0. The molecule has 0 unspecified atom stereocenters. The summed E-state index contributed by atoms with van der Waals surface area (Å²) in [5.74, 6) is -0.431. The minimum Gasteiger partial charge on any atom is -0.497 e. The highest BCUT2D eigenvalue weighted by atomic mass is 19.1. The van der Waals surface area contributed by atoms with Crippen LogP contribution < -0.4 is 4.74 Å². The van der Waals surface area contributed by atoms with Crippen LogP contribution >= 0.6 is 0 Å². The highest BCUT2D eigenvalue weighted by Gasteiger charge is 2.15. The van der Waals surface area contributed by atoms with Crippen molar-refractivity contribution in [1.29, 1.82) is 0 Å². The van der Waals surface area contributed by atoms with Gasteiger partial charge in [0.1, 0.15) is 17.4 Å². The molecular weight excluding hydrogens is 322 g/mol. The maximum atomic E-state index is 13.6. The molecule has 0 aliphatic heterocycles. The molecule has 0 N–H and O–H groups in total. The van der Waals surface area contributed by atoms with Crippen molar-refractivity contribution in [2.75, 3.05) is 7.11 Å². The summed E-state index contributed by atoms with van der Waals surface area (Å²) in [5, 5.41) is 2.11. The van der Waals surface area contributed by atoms with E-state index in [0.717, 1.165) is 39.3 Å². The average molecular weight is 338 g/mol. The van der Waals surface area contributed by atoms with Crippen molar-refractivity contribution in [3.8, 4) is 5.75 Å². The third-order valence-electron chi connectivity index (χ3n) is 4.43. The SMILES string of the molecule is COc1ccc2c3ccnc(C)c3n(Cc3cc(F)cc(F)c3)c2c1. The molecule has 3 nitrogen and oxygen atoms in total. The fraction of sp³-hybridized carbons (Fsp3) is 0.150. The van der Waals surface area contributed by atoms with E-state index in [0.29, 0.717) is 12.1 Å². The van der Waals surface area contributed by atoms with Crippen LogP contribution in [-0.2, 0) is 6.54 Å². The number of hydrogen-bond donors (Lipinski definition) is 0. The Morgan fingerprint density at radius 3 is 2.48 bits per heavy atom. The predicted molar refractivity (Wildman–Crippen MR) is 94.0 cm³/mol. The monoisotopic (exact) mass is 338 g/mol. The molecule has 0 saturated heterocycles. The zero-order valence-corrected chi connectivity index (χ0v) is 13.9. The lowest BCUT2D eigenvalue weighted by atomic mass is 10.1. The van der Waals surface area contributed by atoms with Gasteiger partial charge in [0.25, 0.3) is 0 Å². The Morgan fingerprint density at radius 2 is 1.76 bits per heavy atom. The van der Waals surface area contributed by atoms with Gasteiger partial charge in [-0.05, 0) is 42.8 Å². The van der Waals surface area contributed by atoms with Crippen LogP contribution in [0.15, 0.2) is 48.7 Å². The van der Waals surface area contributed by atoms with Gasteiger partial charge in [0.15, 0.2) is 0 Å². The van der Waals surface area contributed by atoms with Crippen LogP contribution in [0.2, 0.25) is 0 Å². The van der Waals surface area contributed by atoms with Crippen molar-refractivity contribution in [2.45, 2.75) is 13.5 Å². The van der Waals surface area contributed by atoms with E-state index in [1.54, 1.807) is 13.3 Å². The van der Waals surface area contributed by atoms with Crippen molar-refractivity contribution in [1.82, 2.24) is 9.55 Å². The first-order valence-corrected chi connectivity index (χ1v) is 7.93. The Labute approximate surface area is 143 Å². The van der Waals surface area contributed by atoms with Crippen LogP contribution in [0.4, 0.5) is 8.78 Å². The first kappa shape index (κ1) is 15.6. The average Bonchev–Trinajstić information content (AvgIpc) is 2.88. The van der Waals surface area contributed by atoms with Crippen molar-refractivity contribution < 1.29 is 13.5 Å². The predicted octanol–water partition coefficient (Wildman–Crippen LogP) is 4.83. The van der Waals surface area contributed by atoms with Gasteiger partial charge in [-0.15, -0.1) is 0 Å². The van der Waals surface area contributed by atoms with Gasteiger partial charge in [0.05, 0.1) is 23.8 Å². The zero-order chi connectivity index (χ0) is 17.6.